The summed E-state index contributed by atoms with van der Waals surface area (Å²) < 4.78 is 17.0. The smallest absolute Gasteiger partial charge is 0.306 e. The fourth-order valence-electron chi connectivity index (χ4n) is 11.2. The van der Waals surface area contributed by atoms with Crippen molar-refractivity contribution in [2.24, 2.45) is 0 Å². The second-order valence-electron chi connectivity index (χ2n) is 24.9. The Labute approximate surface area is 500 Å². The van der Waals surface area contributed by atoms with E-state index in [2.05, 4.69) is 45.1 Å². The molecule has 0 spiro atoms. The molecule has 80 heavy (non-hydrogen) atoms. The summed E-state index contributed by atoms with van der Waals surface area (Å²) in [6, 6.07) is 0. The Morgan fingerprint density at radius 1 is 0.237 bits per heavy atom. The summed E-state index contributed by atoms with van der Waals surface area (Å²) in [6.45, 7) is 6.70. The molecule has 0 saturated heterocycles. The van der Waals surface area contributed by atoms with Crippen molar-refractivity contribution >= 4 is 17.9 Å². The monoisotopic (exact) mass is 1130 g/mol. The molecule has 0 aromatic carbocycles. The molecule has 0 aliphatic heterocycles. The van der Waals surface area contributed by atoms with Crippen LogP contribution < -0.4 is 0 Å². The number of ether oxygens (including phenoxy) is 3. The van der Waals surface area contributed by atoms with E-state index in [-0.39, 0.29) is 31.1 Å². The number of hydrogen-bond donors (Lipinski definition) is 0. The Bertz CT molecular complexity index is 1290. The lowest BCUT2D eigenvalue weighted by Crippen LogP contribution is -2.30. The summed E-state index contributed by atoms with van der Waals surface area (Å²) in [5.74, 6) is -0.845. The first-order valence-corrected chi connectivity index (χ1v) is 36.3. The van der Waals surface area contributed by atoms with Gasteiger partial charge in [-0.3, -0.25) is 14.4 Å². The Morgan fingerprint density at radius 2 is 0.412 bits per heavy atom. The fourth-order valence-corrected chi connectivity index (χ4v) is 11.2. The van der Waals surface area contributed by atoms with Crippen LogP contribution in [-0.4, -0.2) is 37.2 Å². The maximum atomic E-state index is 12.9. The van der Waals surface area contributed by atoms with Gasteiger partial charge in [0.25, 0.3) is 0 Å². The largest absolute Gasteiger partial charge is 0.462 e. The molecule has 0 aliphatic carbocycles. The van der Waals surface area contributed by atoms with Crippen molar-refractivity contribution in [1.29, 1.82) is 0 Å². The zero-order chi connectivity index (χ0) is 57.8. The van der Waals surface area contributed by atoms with E-state index in [1.165, 1.54) is 308 Å². The fraction of sp³-hybridized carbons (Fsp3) is 0.905. The second kappa shape index (κ2) is 69.4. The summed E-state index contributed by atoms with van der Waals surface area (Å²) in [5.41, 5.74) is 0. The third-order valence-corrected chi connectivity index (χ3v) is 16.7. The first kappa shape index (κ1) is 77.9. The highest BCUT2D eigenvalue weighted by Gasteiger charge is 2.19. The zero-order valence-electron chi connectivity index (χ0n) is 54.4. The van der Waals surface area contributed by atoms with E-state index in [1.807, 2.05) is 0 Å². The molecule has 0 amide bonds. The van der Waals surface area contributed by atoms with Gasteiger partial charge in [0.15, 0.2) is 6.10 Å². The van der Waals surface area contributed by atoms with Crippen LogP contribution in [-0.2, 0) is 28.6 Å². The van der Waals surface area contributed by atoms with E-state index in [9.17, 15) is 14.4 Å². The van der Waals surface area contributed by atoms with Crippen LogP contribution in [0, 0.1) is 0 Å². The molecule has 6 heteroatoms. The van der Waals surface area contributed by atoms with Crippen LogP contribution >= 0.6 is 0 Å². The van der Waals surface area contributed by atoms with Gasteiger partial charge in [0.1, 0.15) is 13.2 Å². The van der Waals surface area contributed by atoms with E-state index in [4.69, 9.17) is 14.2 Å². The lowest BCUT2D eigenvalue weighted by atomic mass is 10.0. The van der Waals surface area contributed by atoms with Gasteiger partial charge < -0.3 is 14.2 Å². The molecule has 1 unspecified atom stereocenters. The molecule has 0 aromatic rings. The molecule has 0 fully saturated rings. The number of esters is 3. The topological polar surface area (TPSA) is 78.9 Å². The average molecular weight is 1130 g/mol. The summed E-state index contributed by atoms with van der Waals surface area (Å²) in [5, 5.41) is 0. The van der Waals surface area contributed by atoms with Crippen LogP contribution in [0.15, 0.2) is 24.3 Å². The number of rotatable bonds is 68. The predicted octanol–water partition coefficient (Wildman–Crippen LogP) is 25.0. The standard InChI is InChI=1S/C74H140O6/c1-4-7-10-13-16-19-22-25-28-29-30-31-32-33-34-35-36-37-38-39-40-41-42-43-44-45-47-49-52-55-58-61-64-67-73(76)79-70-71(69-78-72(75)66-63-60-57-54-51-48-27-24-21-18-15-12-9-6-3)80-74(77)68-65-62-59-56-53-50-46-26-23-20-17-14-11-8-5-2/h24,27,29-30,71H,4-23,25-26,28,31-70H2,1-3H3/b27-24-,30-29-. The molecule has 0 aliphatic rings. The van der Waals surface area contributed by atoms with Crippen molar-refractivity contribution < 1.29 is 28.6 Å². The van der Waals surface area contributed by atoms with Gasteiger partial charge in [-0.05, 0) is 70.6 Å². The van der Waals surface area contributed by atoms with Crippen LogP contribution in [0.4, 0.5) is 0 Å². The van der Waals surface area contributed by atoms with Crippen LogP contribution in [0.2, 0.25) is 0 Å². The van der Waals surface area contributed by atoms with Gasteiger partial charge in [-0.25, -0.2) is 0 Å². The van der Waals surface area contributed by atoms with Crippen molar-refractivity contribution in [1.82, 2.24) is 0 Å². The second-order valence-corrected chi connectivity index (χ2v) is 24.9. The number of unbranched alkanes of at least 4 members (excludes halogenated alkanes) is 53. The quantitative estimate of drug-likeness (QED) is 0.0261. The number of allylic oxidation sites excluding steroid dienone is 4. The number of carbonyl (C=O) groups is 3. The van der Waals surface area contributed by atoms with Gasteiger partial charge in [0.2, 0.25) is 0 Å². The summed E-state index contributed by atoms with van der Waals surface area (Å²) in [4.78, 5) is 38.4. The highest BCUT2D eigenvalue weighted by Crippen LogP contribution is 2.19. The van der Waals surface area contributed by atoms with Gasteiger partial charge in [0, 0.05) is 19.3 Å². The van der Waals surface area contributed by atoms with Gasteiger partial charge in [-0.1, -0.05) is 347 Å². The number of carbonyl (C=O) groups excluding carboxylic acids is 3. The molecular formula is C74H140O6. The van der Waals surface area contributed by atoms with Gasteiger partial charge in [-0.15, -0.1) is 0 Å². The summed E-state index contributed by atoms with van der Waals surface area (Å²) in [7, 11) is 0. The predicted molar refractivity (Wildman–Crippen MR) is 349 cm³/mol. The zero-order valence-corrected chi connectivity index (χ0v) is 54.4. The third-order valence-electron chi connectivity index (χ3n) is 16.7. The molecular weight excluding hydrogens is 985 g/mol. The lowest BCUT2D eigenvalue weighted by Gasteiger charge is -2.18. The lowest BCUT2D eigenvalue weighted by molar-refractivity contribution is -0.167. The van der Waals surface area contributed by atoms with Gasteiger partial charge in [-0.2, -0.15) is 0 Å². The van der Waals surface area contributed by atoms with Crippen LogP contribution in [0.25, 0.3) is 0 Å². The molecule has 1 atom stereocenters. The Morgan fingerprint density at radius 3 is 0.625 bits per heavy atom. The maximum Gasteiger partial charge on any atom is 0.306 e. The summed E-state index contributed by atoms with van der Waals surface area (Å²) in [6.07, 6.45) is 85.1. The van der Waals surface area contributed by atoms with E-state index in [0.29, 0.717) is 19.3 Å². The van der Waals surface area contributed by atoms with Crippen LogP contribution in [0.5, 0.6) is 0 Å². The van der Waals surface area contributed by atoms with E-state index in [0.717, 1.165) is 64.2 Å². The van der Waals surface area contributed by atoms with E-state index in [1.54, 1.807) is 0 Å². The SMILES string of the molecule is CCCCCCC/C=C\CCCCCCCC(=O)OCC(COC(=O)CCCCCCCCCCCCCCCCCCCCCCC/C=C\CCCCCCCCCC)OC(=O)CCCCCCCCCCCCCCCCC. The molecule has 0 heterocycles. The molecule has 0 bridgehead atoms. The first-order valence-electron chi connectivity index (χ1n) is 36.3. The van der Waals surface area contributed by atoms with Gasteiger partial charge in [0.05, 0.1) is 0 Å². The minimum atomic E-state index is -0.770. The number of hydrogen-bond acceptors (Lipinski definition) is 6. The van der Waals surface area contributed by atoms with E-state index >= 15 is 0 Å². The first-order chi connectivity index (χ1) is 39.5. The van der Waals surface area contributed by atoms with Crippen molar-refractivity contribution in [2.75, 3.05) is 13.2 Å². The molecule has 0 rings (SSSR count). The maximum absolute atomic E-state index is 12.9. The average Bonchev–Trinajstić information content (AvgIpc) is 3.46. The summed E-state index contributed by atoms with van der Waals surface area (Å²) >= 11 is 0. The molecule has 472 valence electrons. The Kier molecular flexibility index (Phi) is 67.6. The molecule has 6 nitrogen and oxygen atoms in total. The molecule has 0 aromatic heterocycles. The van der Waals surface area contributed by atoms with Crippen LogP contribution in [0.3, 0.4) is 0 Å². The molecule has 0 saturated carbocycles. The van der Waals surface area contributed by atoms with Crippen molar-refractivity contribution in [3.05, 3.63) is 24.3 Å². The third kappa shape index (κ3) is 66.7. The highest BCUT2D eigenvalue weighted by molar-refractivity contribution is 5.71. The van der Waals surface area contributed by atoms with Crippen molar-refractivity contribution in [3.63, 3.8) is 0 Å². The highest BCUT2D eigenvalue weighted by atomic mass is 16.6. The van der Waals surface area contributed by atoms with Crippen molar-refractivity contribution in [2.45, 2.75) is 419 Å². The normalized spacial score (nSPS) is 12.1. The van der Waals surface area contributed by atoms with Crippen LogP contribution in [0.1, 0.15) is 412 Å². The minimum Gasteiger partial charge on any atom is -0.462 e. The Balaban J connectivity index is 4.08. The van der Waals surface area contributed by atoms with E-state index < -0.39 is 6.10 Å². The van der Waals surface area contributed by atoms with Gasteiger partial charge >= 0.3 is 17.9 Å². The minimum absolute atomic E-state index is 0.0671. The molecule has 0 N–H and O–H groups in total. The van der Waals surface area contributed by atoms with Crippen molar-refractivity contribution in [3.8, 4) is 0 Å². The molecule has 0 radical (unpaired) electrons. The Hall–Kier alpha value is -2.11.